The SMILES string of the molecule is CCCCC1CCC(CCl)(Cc2cccc(C)c2)CC1. The Hall–Kier alpha value is -0.490. The summed E-state index contributed by atoms with van der Waals surface area (Å²) in [6, 6.07) is 8.96. The Balaban J connectivity index is 1.94. The van der Waals surface area contributed by atoms with Crippen LogP contribution in [0.2, 0.25) is 0 Å². The van der Waals surface area contributed by atoms with Gasteiger partial charge in [0.1, 0.15) is 0 Å². The first kappa shape index (κ1) is 15.9. The van der Waals surface area contributed by atoms with Crippen molar-refractivity contribution in [3.8, 4) is 0 Å². The lowest BCUT2D eigenvalue weighted by molar-refractivity contribution is 0.166. The Morgan fingerprint density at radius 2 is 2.00 bits per heavy atom. The standard InChI is InChI=1S/C19H29Cl/c1-3-4-7-17-9-11-19(15-20,12-10-17)14-18-8-5-6-16(2)13-18/h5-6,8,13,17H,3-4,7,9-12,14-15H2,1-2H3. The summed E-state index contributed by atoms with van der Waals surface area (Å²) in [5.41, 5.74) is 3.19. The van der Waals surface area contributed by atoms with Gasteiger partial charge in [-0.3, -0.25) is 0 Å². The number of aryl methyl sites for hydroxylation is 1. The van der Waals surface area contributed by atoms with Crippen LogP contribution in [0.25, 0.3) is 0 Å². The van der Waals surface area contributed by atoms with Crippen LogP contribution < -0.4 is 0 Å². The average molecular weight is 293 g/mol. The Kier molecular flexibility index (Phi) is 5.96. The van der Waals surface area contributed by atoms with Gasteiger partial charge in [0.15, 0.2) is 0 Å². The molecule has 0 saturated heterocycles. The van der Waals surface area contributed by atoms with Crippen molar-refractivity contribution in [2.45, 2.75) is 65.2 Å². The van der Waals surface area contributed by atoms with E-state index >= 15 is 0 Å². The van der Waals surface area contributed by atoms with Crippen LogP contribution in [0.4, 0.5) is 0 Å². The molecule has 0 heterocycles. The molecule has 0 nitrogen and oxygen atoms in total. The predicted octanol–water partition coefficient (Wildman–Crippen LogP) is 6.14. The van der Waals surface area contributed by atoms with E-state index in [1.54, 1.807) is 0 Å². The number of alkyl halides is 1. The Bertz CT molecular complexity index is 402. The molecule has 0 aliphatic heterocycles. The minimum Gasteiger partial charge on any atom is -0.126 e. The topological polar surface area (TPSA) is 0 Å². The van der Waals surface area contributed by atoms with E-state index in [0.717, 1.165) is 11.8 Å². The zero-order valence-corrected chi connectivity index (χ0v) is 13.9. The second-order valence-electron chi connectivity index (χ2n) is 6.89. The molecule has 112 valence electrons. The smallest absolute Gasteiger partial charge is 0.0283 e. The highest BCUT2D eigenvalue weighted by Crippen LogP contribution is 2.43. The van der Waals surface area contributed by atoms with E-state index in [1.807, 2.05) is 0 Å². The van der Waals surface area contributed by atoms with Gasteiger partial charge in [0.25, 0.3) is 0 Å². The fourth-order valence-electron chi connectivity index (χ4n) is 3.68. The second-order valence-corrected chi connectivity index (χ2v) is 7.15. The largest absolute Gasteiger partial charge is 0.126 e. The first-order chi connectivity index (χ1) is 9.67. The first-order valence-electron chi connectivity index (χ1n) is 8.29. The summed E-state index contributed by atoms with van der Waals surface area (Å²) < 4.78 is 0. The molecule has 2 rings (SSSR count). The third-order valence-electron chi connectivity index (χ3n) is 5.08. The quantitative estimate of drug-likeness (QED) is 0.552. The predicted molar refractivity (Wildman–Crippen MR) is 89.5 cm³/mol. The Labute approximate surface area is 129 Å². The van der Waals surface area contributed by atoms with E-state index in [-0.39, 0.29) is 0 Å². The Morgan fingerprint density at radius 1 is 1.25 bits per heavy atom. The maximum Gasteiger partial charge on any atom is 0.0283 e. The van der Waals surface area contributed by atoms with Crippen molar-refractivity contribution in [3.63, 3.8) is 0 Å². The normalized spacial score (nSPS) is 26.6. The van der Waals surface area contributed by atoms with Crippen LogP contribution in [0.15, 0.2) is 24.3 Å². The van der Waals surface area contributed by atoms with E-state index in [9.17, 15) is 0 Å². The summed E-state index contributed by atoms with van der Waals surface area (Å²) in [7, 11) is 0. The summed E-state index contributed by atoms with van der Waals surface area (Å²) in [5.74, 6) is 1.78. The molecule has 1 aliphatic rings. The van der Waals surface area contributed by atoms with Crippen LogP contribution in [-0.2, 0) is 6.42 Å². The molecule has 1 aromatic rings. The molecule has 1 heteroatoms. The number of benzene rings is 1. The number of unbranched alkanes of at least 4 members (excludes halogenated alkanes) is 1. The van der Waals surface area contributed by atoms with E-state index in [1.165, 1.54) is 62.5 Å². The van der Waals surface area contributed by atoms with E-state index < -0.39 is 0 Å². The summed E-state index contributed by atoms with van der Waals surface area (Å²) in [6.07, 6.45) is 10.7. The first-order valence-corrected chi connectivity index (χ1v) is 8.82. The van der Waals surface area contributed by atoms with Gasteiger partial charge in [0, 0.05) is 5.88 Å². The summed E-state index contributed by atoms with van der Waals surface area (Å²) in [5, 5.41) is 0. The number of hydrogen-bond donors (Lipinski definition) is 0. The highest BCUT2D eigenvalue weighted by Gasteiger charge is 2.34. The number of halogens is 1. The number of hydrogen-bond acceptors (Lipinski definition) is 0. The molecule has 1 saturated carbocycles. The van der Waals surface area contributed by atoms with Crippen LogP contribution in [0, 0.1) is 18.3 Å². The van der Waals surface area contributed by atoms with Crippen molar-refractivity contribution in [2.24, 2.45) is 11.3 Å². The average Bonchev–Trinajstić information content (AvgIpc) is 2.47. The molecule has 0 radical (unpaired) electrons. The highest BCUT2D eigenvalue weighted by atomic mass is 35.5. The van der Waals surface area contributed by atoms with Crippen molar-refractivity contribution in [1.82, 2.24) is 0 Å². The van der Waals surface area contributed by atoms with Gasteiger partial charge < -0.3 is 0 Å². The zero-order chi connectivity index (χ0) is 14.4. The molecule has 0 spiro atoms. The molecule has 0 amide bonds. The minimum atomic E-state index is 0.359. The van der Waals surface area contributed by atoms with Gasteiger partial charge in [0.2, 0.25) is 0 Å². The van der Waals surface area contributed by atoms with Gasteiger partial charge in [-0.05, 0) is 55.9 Å². The lowest BCUT2D eigenvalue weighted by Crippen LogP contribution is -2.31. The monoisotopic (exact) mass is 292 g/mol. The molecular weight excluding hydrogens is 264 g/mol. The number of rotatable bonds is 6. The minimum absolute atomic E-state index is 0.359. The van der Waals surface area contributed by atoms with Gasteiger partial charge >= 0.3 is 0 Å². The van der Waals surface area contributed by atoms with Crippen LogP contribution in [0.3, 0.4) is 0 Å². The van der Waals surface area contributed by atoms with Crippen molar-refractivity contribution in [2.75, 3.05) is 5.88 Å². The van der Waals surface area contributed by atoms with Crippen LogP contribution >= 0.6 is 11.6 Å². The van der Waals surface area contributed by atoms with Crippen LogP contribution in [-0.4, -0.2) is 5.88 Å². The molecule has 0 atom stereocenters. The fourth-order valence-corrected chi connectivity index (χ4v) is 4.05. The lowest BCUT2D eigenvalue weighted by atomic mass is 9.68. The lowest BCUT2D eigenvalue weighted by Gasteiger charge is -2.39. The van der Waals surface area contributed by atoms with Gasteiger partial charge in [-0.15, -0.1) is 11.6 Å². The summed E-state index contributed by atoms with van der Waals surface area (Å²) in [4.78, 5) is 0. The van der Waals surface area contributed by atoms with Gasteiger partial charge in [0.05, 0.1) is 0 Å². The highest BCUT2D eigenvalue weighted by molar-refractivity contribution is 6.18. The molecule has 1 aliphatic carbocycles. The Morgan fingerprint density at radius 3 is 2.60 bits per heavy atom. The molecule has 20 heavy (non-hydrogen) atoms. The molecule has 1 fully saturated rings. The molecule has 0 bridgehead atoms. The van der Waals surface area contributed by atoms with E-state index in [2.05, 4.69) is 38.1 Å². The third kappa shape index (κ3) is 4.25. The molecule has 1 aromatic carbocycles. The van der Waals surface area contributed by atoms with Gasteiger partial charge in [-0.1, -0.05) is 56.0 Å². The van der Waals surface area contributed by atoms with E-state index in [4.69, 9.17) is 11.6 Å². The van der Waals surface area contributed by atoms with Gasteiger partial charge in [-0.2, -0.15) is 0 Å². The van der Waals surface area contributed by atoms with Crippen molar-refractivity contribution in [1.29, 1.82) is 0 Å². The molecule has 0 aromatic heterocycles. The fraction of sp³-hybridized carbons (Fsp3) is 0.684. The molecule has 0 unspecified atom stereocenters. The zero-order valence-electron chi connectivity index (χ0n) is 13.1. The van der Waals surface area contributed by atoms with Crippen molar-refractivity contribution in [3.05, 3.63) is 35.4 Å². The molecule has 0 N–H and O–H groups in total. The maximum absolute atomic E-state index is 6.38. The van der Waals surface area contributed by atoms with Crippen LogP contribution in [0.1, 0.15) is 63.0 Å². The van der Waals surface area contributed by atoms with Gasteiger partial charge in [-0.25, -0.2) is 0 Å². The van der Waals surface area contributed by atoms with E-state index in [0.29, 0.717) is 5.41 Å². The van der Waals surface area contributed by atoms with Crippen LogP contribution in [0.5, 0.6) is 0 Å². The van der Waals surface area contributed by atoms with Crippen molar-refractivity contribution < 1.29 is 0 Å². The molecular formula is C19H29Cl. The second kappa shape index (κ2) is 7.50. The third-order valence-corrected chi connectivity index (χ3v) is 5.64. The summed E-state index contributed by atoms with van der Waals surface area (Å²) in [6.45, 7) is 4.47. The van der Waals surface area contributed by atoms with Crippen molar-refractivity contribution >= 4 is 11.6 Å². The summed E-state index contributed by atoms with van der Waals surface area (Å²) >= 11 is 6.38. The maximum atomic E-state index is 6.38.